The number of nitrogens with zero attached hydrogens (tertiary/aromatic N) is 1. The maximum Gasteiger partial charge on any atom is 0.308 e. The zero-order valence-electron chi connectivity index (χ0n) is 16.4. The van der Waals surface area contributed by atoms with E-state index in [4.69, 9.17) is 4.74 Å². The van der Waals surface area contributed by atoms with Gasteiger partial charge < -0.3 is 10.1 Å². The fraction of sp³-hybridized carbons (Fsp3) is 0.400. The maximum atomic E-state index is 12.8. The van der Waals surface area contributed by atoms with Crippen LogP contribution in [-0.2, 0) is 16.0 Å². The molecule has 1 N–H and O–H groups in total. The predicted molar refractivity (Wildman–Crippen MR) is 108 cm³/mol. The molecule has 0 saturated carbocycles. The minimum atomic E-state index is -0.868. The molecular weight excluding hydrogens is 380 g/mol. The third kappa shape index (κ3) is 5.39. The molecular formula is C20H24N2O5S. The number of aryl methyl sites for hydroxylation is 2. The molecule has 2 aromatic rings. The van der Waals surface area contributed by atoms with Crippen molar-refractivity contribution in [2.45, 2.75) is 52.7 Å². The molecule has 0 aliphatic carbocycles. The van der Waals surface area contributed by atoms with Crippen molar-refractivity contribution in [2.24, 2.45) is 0 Å². The third-order valence-corrected chi connectivity index (χ3v) is 5.27. The van der Waals surface area contributed by atoms with Gasteiger partial charge in [-0.1, -0.05) is 25.1 Å². The molecule has 1 aromatic carbocycles. The van der Waals surface area contributed by atoms with Crippen LogP contribution in [0.5, 0.6) is 0 Å². The first kappa shape index (κ1) is 21.6. The Morgan fingerprint density at radius 3 is 2.54 bits per heavy atom. The topological polar surface area (TPSA) is 98.5 Å². The van der Waals surface area contributed by atoms with Gasteiger partial charge in [0.1, 0.15) is 0 Å². The van der Waals surface area contributed by atoms with Gasteiger partial charge in [0.25, 0.3) is 11.6 Å². The number of carbonyl (C=O) groups is 2. The Morgan fingerprint density at radius 2 is 1.96 bits per heavy atom. The largest absolute Gasteiger partial charge is 0.463 e. The Labute approximate surface area is 167 Å². The van der Waals surface area contributed by atoms with Gasteiger partial charge >= 0.3 is 5.97 Å². The van der Waals surface area contributed by atoms with Crippen LogP contribution in [-0.4, -0.2) is 22.9 Å². The lowest BCUT2D eigenvalue weighted by atomic mass is 10.0. The number of benzene rings is 1. The highest BCUT2D eigenvalue weighted by molar-refractivity contribution is 7.14. The Hall–Kier alpha value is -2.74. The summed E-state index contributed by atoms with van der Waals surface area (Å²) in [5, 5.41) is 14.2. The molecule has 0 aliphatic rings. The van der Waals surface area contributed by atoms with E-state index < -0.39 is 16.9 Å². The average molecular weight is 404 g/mol. The molecule has 1 atom stereocenters. The average Bonchev–Trinajstić information content (AvgIpc) is 3.01. The summed E-state index contributed by atoms with van der Waals surface area (Å²) in [5.41, 5.74) is 1.20. The fourth-order valence-electron chi connectivity index (χ4n) is 2.88. The maximum absolute atomic E-state index is 12.8. The second-order valence-corrected chi connectivity index (χ2v) is 7.89. The van der Waals surface area contributed by atoms with Crippen molar-refractivity contribution >= 4 is 28.9 Å². The van der Waals surface area contributed by atoms with Crippen molar-refractivity contribution in [1.82, 2.24) is 5.32 Å². The second kappa shape index (κ2) is 9.45. The van der Waals surface area contributed by atoms with E-state index in [0.717, 1.165) is 16.9 Å². The molecule has 1 amide bonds. The van der Waals surface area contributed by atoms with Crippen LogP contribution in [0.4, 0.5) is 5.69 Å². The van der Waals surface area contributed by atoms with Crippen LogP contribution in [0.25, 0.3) is 0 Å². The van der Waals surface area contributed by atoms with Crippen molar-refractivity contribution in [1.29, 1.82) is 0 Å². The van der Waals surface area contributed by atoms with E-state index in [0.29, 0.717) is 4.88 Å². The van der Waals surface area contributed by atoms with E-state index in [1.807, 2.05) is 19.9 Å². The molecule has 2 rings (SSSR count). The summed E-state index contributed by atoms with van der Waals surface area (Å²) in [6, 6.07) is 7.03. The number of rotatable bonds is 8. The zero-order chi connectivity index (χ0) is 20.8. The van der Waals surface area contributed by atoms with E-state index in [1.165, 1.54) is 17.4 Å². The summed E-state index contributed by atoms with van der Waals surface area (Å²) < 4.78 is 5.17. The molecule has 0 radical (unpaired) electrons. The summed E-state index contributed by atoms with van der Waals surface area (Å²) in [5.74, 6) is -0.900. The first-order chi connectivity index (χ1) is 13.2. The van der Waals surface area contributed by atoms with Crippen LogP contribution < -0.4 is 5.32 Å². The quantitative estimate of drug-likeness (QED) is 0.401. The number of amides is 1. The lowest BCUT2D eigenvalue weighted by molar-refractivity contribution is -0.385. The van der Waals surface area contributed by atoms with Crippen LogP contribution >= 0.6 is 11.3 Å². The van der Waals surface area contributed by atoms with Gasteiger partial charge in [0.05, 0.1) is 33.9 Å². The van der Waals surface area contributed by atoms with Crippen molar-refractivity contribution in [3.8, 4) is 0 Å². The van der Waals surface area contributed by atoms with Crippen LogP contribution in [0, 0.1) is 17.0 Å². The summed E-state index contributed by atoms with van der Waals surface area (Å²) in [6.45, 7) is 7.39. The SMILES string of the molecule is CCc1cc(C(=O)NC(CC(=O)OC(C)C)c2ccccc2[N+](=O)[O-])sc1C. The van der Waals surface area contributed by atoms with Crippen LogP contribution in [0.3, 0.4) is 0 Å². The summed E-state index contributed by atoms with van der Waals surface area (Å²) in [6.07, 6.45) is 0.297. The number of carbonyl (C=O) groups excluding carboxylic acids is 2. The van der Waals surface area contributed by atoms with Crippen molar-refractivity contribution in [2.75, 3.05) is 0 Å². The second-order valence-electron chi connectivity index (χ2n) is 6.63. The molecule has 1 unspecified atom stereocenters. The summed E-state index contributed by atoms with van der Waals surface area (Å²) in [7, 11) is 0. The Bertz CT molecular complexity index is 875. The van der Waals surface area contributed by atoms with Crippen molar-refractivity contribution < 1.29 is 19.2 Å². The van der Waals surface area contributed by atoms with E-state index in [2.05, 4.69) is 5.32 Å². The van der Waals surface area contributed by atoms with E-state index in [1.54, 1.807) is 32.0 Å². The number of nitro benzene ring substituents is 1. The molecule has 1 heterocycles. The van der Waals surface area contributed by atoms with E-state index in [-0.39, 0.29) is 29.7 Å². The molecule has 0 bridgehead atoms. The lowest BCUT2D eigenvalue weighted by Gasteiger charge is -2.19. The van der Waals surface area contributed by atoms with Gasteiger partial charge in [-0.05, 0) is 38.8 Å². The molecule has 28 heavy (non-hydrogen) atoms. The minimum absolute atomic E-state index is 0.151. The highest BCUT2D eigenvalue weighted by atomic mass is 32.1. The standard InChI is InChI=1S/C20H24N2O5S/c1-5-14-10-18(28-13(14)4)20(24)21-16(11-19(23)27-12(2)3)15-8-6-7-9-17(15)22(25)26/h6-10,12,16H,5,11H2,1-4H3,(H,21,24). The smallest absolute Gasteiger partial charge is 0.308 e. The van der Waals surface area contributed by atoms with Gasteiger partial charge in [-0.3, -0.25) is 19.7 Å². The number of para-hydroxylation sites is 1. The molecule has 7 nitrogen and oxygen atoms in total. The molecule has 8 heteroatoms. The zero-order valence-corrected chi connectivity index (χ0v) is 17.2. The van der Waals surface area contributed by atoms with Gasteiger partial charge in [0.2, 0.25) is 0 Å². The Morgan fingerprint density at radius 1 is 1.29 bits per heavy atom. The molecule has 0 aliphatic heterocycles. The Balaban J connectivity index is 2.34. The number of ether oxygens (including phenoxy) is 1. The molecule has 0 spiro atoms. The first-order valence-electron chi connectivity index (χ1n) is 9.05. The van der Waals surface area contributed by atoms with Crippen LogP contribution in [0.2, 0.25) is 0 Å². The molecule has 0 saturated heterocycles. The Kier molecular flexibility index (Phi) is 7.28. The van der Waals surface area contributed by atoms with E-state index in [9.17, 15) is 19.7 Å². The lowest BCUT2D eigenvalue weighted by Crippen LogP contribution is -2.31. The van der Waals surface area contributed by atoms with Crippen LogP contribution in [0.1, 0.15) is 58.9 Å². The molecule has 0 fully saturated rings. The van der Waals surface area contributed by atoms with Crippen molar-refractivity contribution in [3.05, 3.63) is 61.3 Å². The number of thiophene rings is 1. The van der Waals surface area contributed by atoms with Crippen LogP contribution in [0.15, 0.2) is 30.3 Å². The van der Waals surface area contributed by atoms with Gasteiger partial charge in [0, 0.05) is 10.9 Å². The number of nitro groups is 1. The van der Waals surface area contributed by atoms with E-state index >= 15 is 0 Å². The number of nitrogens with one attached hydrogen (secondary N) is 1. The highest BCUT2D eigenvalue weighted by Crippen LogP contribution is 2.29. The van der Waals surface area contributed by atoms with Crippen molar-refractivity contribution in [3.63, 3.8) is 0 Å². The van der Waals surface area contributed by atoms with Gasteiger partial charge in [-0.15, -0.1) is 11.3 Å². The predicted octanol–water partition coefficient (Wildman–Crippen LogP) is 4.34. The number of hydrogen-bond acceptors (Lipinski definition) is 6. The molecule has 1 aromatic heterocycles. The summed E-state index contributed by atoms with van der Waals surface area (Å²) in [4.78, 5) is 37.4. The highest BCUT2D eigenvalue weighted by Gasteiger charge is 2.27. The van der Waals surface area contributed by atoms with Gasteiger partial charge in [-0.25, -0.2) is 0 Å². The normalized spacial score (nSPS) is 11.9. The number of esters is 1. The fourth-order valence-corrected chi connectivity index (χ4v) is 3.89. The van der Waals surface area contributed by atoms with Gasteiger partial charge in [0.15, 0.2) is 0 Å². The third-order valence-electron chi connectivity index (χ3n) is 4.18. The minimum Gasteiger partial charge on any atom is -0.463 e. The molecule has 150 valence electrons. The number of hydrogen-bond donors (Lipinski definition) is 1. The summed E-state index contributed by atoms with van der Waals surface area (Å²) >= 11 is 1.36. The van der Waals surface area contributed by atoms with Gasteiger partial charge in [-0.2, -0.15) is 0 Å². The first-order valence-corrected chi connectivity index (χ1v) is 9.87. The monoisotopic (exact) mass is 404 g/mol.